The van der Waals surface area contributed by atoms with Gasteiger partial charge in [0.15, 0.2) is 0 Å². The van der Waals surface area contributed by atoms with E-state index in [0.29, 0.717) is 0 Å². The van der Waals surface area contributed by atoms with Gasteiger partial charge in [-0.05, 0) is 32.7 Å². The molecule has 0 saturated carbocycles. The summed E-state index contributed by atoms with van der Waals surface area (Å²) in [5.41, 5.74) is 0.0412. The Labute approximate surface area is 83.1 Å². The minimum absolute atomic E-state index is 0.0412. The van der Waals surface area contributed by atoms with Crippen molar-refractivity contribution in [2.45, 2.75) is 46.6 Å². The minimum Gasteiger partial charge on any atom is -0.374 e. The van der Waals surface area contributed by atoms with Crippen LogP contribution in [0.2, 0.25) is 0 Å². The lowest BCUT2D eigenvalue weighted by Crippen LogP contribution is -2.30. The van der Waals surface area contributed by atoms with E-state index >= 15 is 0 Å². The maximum Gasteiger partial charge on any atom is 0.0624 e. The number of hydrogen-bond acceptors (Lipinski definition) is 2. The van der Waals surface area contributed by atoms with Crippen LogP contribution in [0.15, 0.2) is 0 Å². The highest BCUT2D eigenvalue weighted by Crippen LogP contribution is 2.12. The van der Waals surface area contributed by atoms with Crippen molar-refractivity contribution in [2.24, 2.45) is 5.92 Å². The van der Waals surface area contributed by atoms with Gasteiger partial charge in [0, 0.05) is 6.54 Å². The molecular formula is C11H25NO. The Morgan fingerprint density at radius 1 is 1.31 bits per heavy atom. The highest BCUT2D eigenvalue weighted by molar-refractivity contribution is 4.65. The average molecular weight is 187 g/mol. The van der Waals surface area contributed by atoms with Crippen LogP contribution >= 0.6 is 0 Å². The van der Waals surface area contributed by atoms with Crippen LogP contribution in [-0.4, -0.2) is 25.3 Å². The van der Waals surface area contributed by atoms with E-state index in [0.717, 1.165) is 32.0 Å². The summed E-state index contributed by atoms with van der Waals surface area (Å²) in [5, 5.41) is 3.36. The molecule has 0 aromatic heterocycles. The molecule has 1 N–H and O–H groups in total. The third kappa shape index (κ3) is 8.26. The van der Waals surface area contributed by atoms with E-state index < -0.39 is 0 Å². The van der Waals surface area contributed by atoms with Crippen LogP contribution in [0.5, 0.6) is 0 Å². The molecule has 13 heavy (non-hydrogen) atoms. The van der Waals surface area contributed by atoms with E-state index in [2.05, 4.69) is 39.9 Å². The fraction of sp³-hybridized carbons (Fsp3) is 1.00. The standard InChI is InChI=1S/C11H25NO/c1-6-11(4,5)13-8-7-12-9-10(2)3/h10,12H,6-9H2,1-5H3. The largest absolute Gasteiger partial charge is 0.374 e. The first-order chi connectivity index (χ1) is 5.98. The topological polar surface area (TPSA) is 21.3 Å². The maximum absolute atomic E-state index is 5.70. The second-order valence-electron chi connectivity index (χ2n) is 4.56. The monoisotopic (exact) mass is 187 g/mol. The maximum atomic E-state index is 5.70. The molecule has 0 aliphatic heterocycles. The summed E-state index contributed by atoms with van der Waals surface area (Å²) in [6.45, 7) is 13.7. The van der Waals surface area contributed by atoms with Gasteiger partial charge in [-0.15, -0.1) is 0 Å². The third-order valence-corrected chi connectivity index (χ3v) is 2.18. The summed E-state index contributed by atoms with van der Waals surface area (Å²) < 4.78 is 5.70. The number of rotatable bonds is 7. The molecule has 0 aliphatic carbocycles. The molecule has 0 fully saturated rings. The average Bonchev–Trinajstić information content (AvgIpc) is 2.03. The van der Waals surface area contributed by atoms with E-state index in [1.807, 2.05) is 0 Å². The molecule has 0 atom stereocenters. The molecule has 0 aromatic rings. The van der Waals surface area contributed by atoms with Gasteiger partial charge in [0.05, 0.1) is 12.2 Å². The van der Waals surface area contributed by atoms with E-state index in [9.17, 15) is 0 Å². The van der Waals surface area contributed by atoms with Crippen LogP contribution in [0, 0.1) is 5.92 Å². The smallest absolute Gasteiger partial charge is 0.0624 e. The van der Waals surface area contributed by atoms with Gasteiger partial charge in [0.2, 0.25) is 0 Å². The van der Waals surface area contributed by atoms with Gasteiger partial charge in [-0.3, -0.25) is 0 Å². The fourth-order valence-corrected chi connectivity index (χ4v) is 0.892. The normalized spacial score (nSPS) is 12.5. The predicted octanol–water partition coefficient (Wildman–Crippen LogP) is 2.44. The molecule has 2 heteroatoms. The molecule has 0 spiro atoms. The molecule has 0 aromatic carbocycles. The Morgan fingerprint density at radius 2 is 1.92 bits per heavy atom. The summed E-state index contributed by atoms with van der Waals surface area (Å²) in [6, 6.07) is 0. The molecule has 0 amide bonds. The zero-order valence-electron chi connectivity index (χ0n) is 9.81. The first-order valence-electron chi connectivity index (χ1n) is 5.32. The van der Waals surface area contributed by atoms with Crippen molar-refractivity contribution in [3.63, 3.8) is 0 Å². The molecule has 0 rings (SSSR count). The molecule has 0 bridgehead atoms. The van der Waals surface area contributed by atoms with E-state index in [4.69, 9.17) is 4.74 Å². The Hall–Kier alpha value is -0.0800. The lowest BCUT2D eigenvalue weighted by atomic mass is 10.1. The van der Waals surface area contributed by atoms with Gasteiger partial charge in [-0.25, -0.2) is 0 Å². The molecule has 80 valence electrons. The van der Waals surface area contributed by atoms with E-state index in [1.54, 1.807) is 0 Å². The minimum atomic E-state index is 0.0412. The van der Waals surface area contributed by atoms with Crippen molar-refractivity contribution in [3.8, 4) is 0 Å². The highest BCUT2D eigenvalue weighted by Gasteiger charge is 2.14. The van der Waals surface area contributed by atoms with Gasteiger partial charge in [-0.1, -0.05) is 20.8 Å². The van der Waals surface area contributed by atoms with Crippen LogP contribution < -0.4 is 5.32 Å². The van der Waals surface area contributed by atoms with Crippen LogP contribution in [-0.2, 0) is 4.74 Å². The summed E-state index contributed by atoms with van der Waals surface area (Å²) in [4.78, 5) is 0. The van der Waals surface area contributed by atoms with Crippen molar-refractivity contribution >= 4 is 0 Å². The molecular weight excluding hydrogens is 162 g/mol. The predicted molar refractivity (Wildman–Crippen MR) is 58.0 cm³/mol. The zero-order valence-corrected chi connectivity index (χ0v) is 9.81. The van der Waals surface area contributed by atoms with Gasteiger partial charge < -0.3 is 10.1 Å². The second-order valence-corrected chi connectivity index (χ2v) is 4.56. The third-order valence-electron chi connectivity index (χ3n) is 2.18. The number of hydrogen-bond donors (Lipinski definition) is 1. The van der Waals surface area contributed by atoms with Crippen molar-refractivity contribution < 1.29 is 4.74 Å². The van der Waals surface area contributed by atoms with Crippen LogP contribution in [0.1, 0.15) is 41.0 Å². The van der Waals surface area contributed by atoms with Crippen molar-refractivity contribution in [2.75, 3.05) is 19.7 Å². The van der Waals surface area contributed by atoms with E-state index in [1.165, 1.54) is 0 Å². The van der Waals surface area contributed by atoms with Crippen LogP contribution in [0.25, 0.3) is 0 Å². The summed E-state index contributed by atoms with van der Waals surface area (Å²) >= 11 is 0. The highest BCUT2D eigenvalue weighted by atomic mass is 16.5. The SMILES string of the molecule is CCC(C)(C)OCCNCC(C)C. The molecule has 2 nitrogen and oxygen atoms in total. The summed E-state index contributed by atoms with van der Waals surface area (Å²) in [6.07, 6.45) is 1.07. The second kappa shape index (κ2) is 6.39. The molecule has 0 saturated heterocycles. The van der Waals surface area contributed by atoms with Gasteiger partial charge in [0.1, 0.15) is 0 Å². The van der Waals surface area contributed by atoms with Gasteiger partial charge in [0.25, 0.3) is 0 Å². The summed E-state index contributed by atoms with van der Waals surface area (Å²) in [5.74, 6) is 0.721. The molecule has 0 aliphatic rings. The zero-order chi connectivity index (χ0) is 10.3. The van der Waals surface area contributed by atoms with Crippen molar-refractivity contribution in [3.05, 3.63) is 0 Å². The fourth-order valence-electron chi connectivity index (χ4n) is 0.892. The Kier molecular flexibility index (Phi) is 6.35. The molecule has 0 radical (unpaired) electrons. The van der Waals surface area contributed by atoms with Crippen molar-refractivity contribution in [1.82, 2.24) is 5.32 Å². The molecule has 0 heterocycles. The van der Waals surface area contributed by atoms with Crippen LogP contribution in [0.4, 0.5) is 0 Å². The Balaban J connectivity index is 3.26. The molecule has 0 unspecified atom stereocenters. The Morgan fingerprint density at radius 3 is 2.38 bits per heavy atom. The van der Waals surface area contributed by atoms with Crippen LogP contribution in [0.3, 0.4) is 0 Å². The summed E-state index contributed by atoms with van der Waals surface area (Å²) in [7, 11) is 0. The first kappa shape index (κ1) is 12.9. The van der Waals surface area contributed by atoms with Crippen molar-refractivity contribution in [1.29, 1.82) is 0 Å². The number of ether oxygens (including phenoxy) is 1. The van der Waals surface area contributed by atoms with E-state index in [-0.39, 0.29) is 5.60 Å². The quantitative estimate of drug-likeness (QED) is 0.618. The van der Waals surface area contributed by atoms with Gasteiger partial charge >= 0.3 is 0 Å². The first-order valence-corrected chi connectivity index (χ1v) is 5.32. The lowest BCUT2D eigenvalue weighted by Gasteiger charge is -2.23. The lowest BCUT2D eigenvalue weighted by molar-refractivity contribution is -0.0181. The number of nitrogens with one attached hydrogen (secondary N) is 1. The Bertz CT molecular complexity index is 121. The van der Waals surface area contributed by atoms with Gasteiger partial charge in [-0.2, -0.15) is 0 Å².